The molecule has 92 valence electrons. The smallest absolute Gasteiger partial charge is 0.254 e. The van der Waals surface area contributed by atoms with Crippen LogP contribution in [0.5, 0.6) is 0 Å². The highest BCUT2D eigenvalue weighted by Gasteiger charge is 2.14. The number of amides is 1. The molecule has 0 saturated carbocycles. The molecular formula is C13H13N3O2. The Hall–Kier alpha value is -2.27. The zero-order valence-corrected chi connectivity index (χ0v) is 9.65. The number of hydrogen-bond acceptors (Lipinski definition) is 4. The fourth-order valence-corrected chi connectivity index (χ4v) is 1.58. The van der Waals surface area contributed by atoms with Crippen molar-refractivity contribution in [3.63, 3.8) is 0 Å². The minimum Gasteiger partial charge on any atom is -0.394 e. The Morgan fingerprint density at radius 2 is 1.89 bits per heavy atom. The predicted molar refractivity (Wildman–Crippen MR) is 65.8 cm³/mol. The number of nitrogens with one attached hydrogen (secondary N) is 1. The molecule has 5 nitrogen and oxygen atoms in total. The molecule has 0 aliphatic carbocycles. The lowest BCUT2D eigenvalue weighted by atomic mass is 10.1. The van der Waals surface area contributed by atoms with E-state index >= 15 is 0 Å². The van der Waals surface area contributed by atoms with Gasteiger partial charge >= 0.3 is 0 Å². The number of aliphatic hydroxyl groups excluding tert-OH is 1. The summed E-state index contributed by atoms with van der Waals surface area (Å²) in [5.74, 6) is -0.307. The number of benzene rings is 1. The van der Waals surface area contributed by atoms with Crippen LogP contribution in [0.3, 0.4) is 0 Å². The molecule has 1 aromatic heterocycles. The van der Waals surface area contributed by atoms with Crippen LogP contribution in [0.2, 0.25) is 0 Å². The molecule has 1 heterocycles. The van der Waals surface area contributed by atoms with Gasteiger partial charge in [-0.1, -0.05) is 30.3 Å². The van der Waals surface area contributed by atoms with E-state index in [0.717, 1.165) is 5.56 Å². The van der Waals surface area contributed by atoms with E-state index in [1.165, 1.54) is 18.7 Å². The molecule has 1 amide bonds. The van der Waals surface area contributed by atoms with E-state index < -0.39 is 6.04 Å². The molecule has 2 N–H and O–H groups in total. The van der Waals surface area contributed by atoms with Crippen LogP contribution in [0.4, 0.5) is 0 Å². The molecule has 0 fully saturated rings. The van der Waals surface area contributed by atoms with Crippen LogP contribution < -0.4 is 5.32 Å². The van der Waals surface area contributed by atoms with Crippen LogP contribution in [0.15, 0.2) is 49.1 Å². The molecule has 0 unspecified atom stereocenters. The Kier molecular flexibility index (Phi) is 3.98. The Morgan fingerprint density at radius 3 is 2.50 bits per heavy atom. The summed E-state index contributed by atoms with van der Waals surface area (Å²) in [7, 11) is 0. The van der Waals surface area contributed by atoms with Crippen LogP contribution in [0.1, 0.15) is 22.0 Å². The maximum Gasteiger partial charge on any atom is 0.254 e. The Labute approximate surface area is 105 Å². The van der Waals surface area contributed by atoms with Crippen LogP contribution in [-0.2, 0) is 0 Å². The van der Waals surface area contributed by atoms with Gasteiger partial charge in [0.2, 0.25) is 0 Å². The van der Waals surface area contributed by atoms with Crippen molar-refractivity contribution in [2.45, 2.75) is 6.04 Å². The van der Waals surface area contributed by atoms with E-state index in [2.05, 4.69) is 15.3 Å². The van der Waals surface area contributed by atoms with E-state index in [9.17, 15) is 9.90 Å². The summed E-state index contributed by atoms with van der Waals surface area (Å²) in [6.07, 6.45) is 4.22. The molecule has 5 heteroatoms. The summed E-state index contributed by atoms with van der Waals surface area (Å²) in [4.78, 5) is 19.4. The lowest BCUT2D eigenvalue weighted by Crippen LogP contribution is -2.30. The number of aromatic nitrogens is 2. The first kappa shape index (κ1) is 12.2. The monoisotopic (exact) mass is 243 g/mol. The third kappa shape index (κ3) is 2.89. The third-order valence-corrected chi connectivity index (χ3v) is 2.51. The van der Waals surface area contributed by atoms with E-state index in [4.69, 9.17) is 0 Å². The molecule has 1 atom stereocenters. The standard InChI is InChI=1S/C13H13N3O2/c17-8-12(10-4-2-1-3-5-10)16-13(18)11-6-14-9-15-7-11/h1-7,9,12,17H,8H2,(H,16,18)/t12-/m0/s1. The molecule has 0 aliphatic heterocycles. The fraction of sp³-hybridized carbons (Fsp3) is 0.154. The van der Waals surface area contributed by atoms with Crippen LogP contribution in [0.25, 0.3) is 0 Å². The maximum absolute atomic E-state index is 11.9. The van der Waals surface area contributed by atoms with Crippen molar-refractivity contribution < 1.29 is 9.90 Å². The van der Waals surface area contributed by atoms with Crippen molar-refractivity contribution >= 4 is 5.91 Å². The molecule has 2 aromatic rings. The van der Waals surface area contributed by atoms with E-state index in [1.807, 2.05) is 30.3 Å². The van der Waals surface area contributed by atoms with Gasteiger partial charge in [-0.25, -0.2) is 9.97 Å². The first-order valence-electron chi connectivity index (χ1n) is 5.53. The van der Waals surface area contributed by atoms with Gasteiger partial charge in [0.1, 0.15) is 6.33 Å². The summed E-state index contributed by atoms with van der Waals surface area (Å²) >= 11 is 0. The Morgan fingerprint density at radius 1 is 1.22 bits per heavy atom. The molecule has 0 spiro atoms. The largest absolute Gasteiger partial charge is 0.394 e. The minimum atomic E-state index is -0.432. The highest BCUT2D eigenvalue weighted by atomic mass is 16.3. The van der Waals surface area contributed by atoms with Crippen molar-refractivity contribution in [1.82, 2.24) is 15.3 Å². The quantitative estimate of drug-likeness (QED) is 0.838. The average molecular weight is 243 g/mol. The summed E-state index contributed by atoms with van der Waals surface area (Å²) in [6, 6.07) is 8.86. The van der Waals surface area contributed by atoms with Gasteiger partial charge in [-0.05, 0) is 5.56 Å². The summed E-state index contributed by atoms with van der Waals surface area (Å²) in [6.45, 7) is -0.163. The zero-order valence-electron chi connectivity index (χ0n) is 9.65. The van der Waals surface area contributed by atoms with Crippen molar-refractivity contribution in [2.75, 3.05) is 6.61 Å². The van der Waals surface area contributed by atoms with E-state index in [1.54, 1.807) is 0 Å². The molecule has 18 heavy (non-hydrogen) atoms. The molecular weight excluding hydrogens is 230 g/mol. The molecule has 1 aromatic carbocycles. The predicted octanol–water partition coefficient (Wildman–Crippen LogP) is 0.940. The molecule has 0 aliphatic rings. The highest BCUT2D eigenvalue weighted by molar-refractivity contribution is 5.93. The molecule has 0 saturated heterocycles. The van der Waals surface area contributed by atoms with Crippen LogP contribution >= 0.6 is 0 Å². The number of hydrogen-bond donors (Lipinski definition) is 2. The molecule has 0 radical (unpaired) electrons. The van der Waals surface area contributed by atoms with Gasteiger partial charge in [0.25, 0.3) is 5.91 Å². The van der Waals surface area contributed by atoms with Gasteiger partial charge in [-0.3, -0.25) is 4.79 Å². The number of aliphatic hydroxyl groups is 1. The van der Waals surface area contributed by atoms with Gasteiger partial charge in [0, 0.05) is 12.4 Å². The van der Waals surface area contributed by atoms with Gasteiger partial charge < -0.3 is 10.4 Å². The van der Waals surface area contributed by atoms with Crippen molar-refractivity contribution in [1.29, 1.82) is 0 Å². The fourth-order valence-electron chi connectivity index (χ4n) is 1.58. The van der Waals surface area contributed by atoms with Crippen molar-refractivity contribution in [3.05, 3.63) is 60.2 Å². The van der Waals surface area contributed by atoms with Crippen molar-refractivity contribution in [2.24, 2.45) is 0 Å². The summed E-state index contributed by atoms with van der Waals surface area (Å²) in [5, 5.41) is 12.1. The van der Waals surface area contributed by atoms with E-state index in [-0.39, 0.29) is 12.5 Å². The molecule has 2 rings (SSSR count). The van der Waals surface area contributed by atoms with Crippen LogP contribution in [0, 0.1) is 0 Å². The maximum atomic E-state index is 11.9. The van der Waals surface area contributed by atoms with Gasteiger partial charge in [-0.15, -0.1) is 0 Å². The van der Waals surface area contributed by atoms with E-state index in [0.29, 0.717) is 5.56 Å². The lowest BCUT2D eigenvalue weighted by molar-refractivity contribution is 0.0915. The van der Waals surface area contributed by atoms with Gasteiger partial charge in [0.05, 0.1) is 18.2 Å². The normalized spacial score (nSPS) is 11.8. The number of rotatable bonds is 4. The molecule has 0 bridgehead atoms. The first-order valence-corrected chi connectivity index (χ1v) is 5.53. The van der Waals surface area contributed by atoms with Crippen LogP contribution in [-0.4, -0.2) is 27.6 Å². The number of carbonyl (C=O) groups is 1. The number of nitrogens with zero attached hydrogens (tertiary/aromatic N) is 2. The summed E-state index contributed by atoms with van der Waals surface area (Å²) in [5.41, 5.74) is 1.22. The van der Waals surface area contributed by atoms with Crippen molar-refractivity contribution in [3.8, 4) is 0 Å². The Bertz CT molecular complexity index is 502. The number of carbonyl (C=O) groups excluding carboxylic acids is 1. The minimum absolute atomic E-state index is 0.163. The third-order valence-electron chi connectivity index (χ3n) is 2.51. The topological polar surface area (TPSA) is 75.1 Å². The highest BCUT2D eigenvalue weighted by Crippen LogP contribution is 2.12. The second-order valence-electron chi connectivity index (χ2n) is 3.75. The second-order valence-corrected chi connectivity index (χ2v) is 3.75. The zero-order chi connectivity index (χ0) is 12.8. The Balaban J connectivity index is 2.10. The summed E-state index contributed by atoms with van der Waals surface area (Å²) < 4.78 is 0. The average Bonchev–Trinajstić information content (AvgIpc) is 2.46. The lowest BCUT2D eigenvalue weighted by Gasteiger charge is -2.16. The van der Waals surface area contributed by atoms with Gasteiger partial charge in [0.15, 0.2) is 0 Å². The second kappa shape index (κ2) is 5.88. The SMILES string of the molecule is O=C(N[C@@H](CO)c1ccccc1)c1cncnc1. The first-order chi connectivity index (χ1) is 8.81. The van der Waals surface area contributed by atoms with Gasteiger partial charge in [-0.2, -0.15) is 0 Å².